The van der Waals surface area contributed by atoms with E-state index >= 15 is 0 Å². The quantitative estimate of drug-likeness (QED) is 0.0738. The number of carboxylic acid groups (broad SMARTS) is 1. The third-order valence-electron chi connectivity index (χ3n) is 7.30. The molecule has 0 saturated heterocycles. The number of alkyl halides is 4. The topological polar surface area (TPSA) is 171 Å². The van der Waals surface area contributed by atoms with Crippen molar-refractivity contribution < 1.29 is 66.4 Å². The SMILES string of the molecule is CC(=O)c1ccccc1C(=O)O.CI.I[I-]I.O=C1COC(=O)c2ccccc21.O=C1OC(Br)(CBr)c2ccccc21.O=C1OC(O)(CBr)c2ccccc21. The Kier molecular flexibility index (Phi) is 22.0. The minimum Gasteiger partial charge on any atom is -0.454 e. The number of hydrogen-bond acceptors (Lipinski definition) is 10. The summed E-state index contributed by atoms with van der Waals surface area (Å²) in [4.78, 5) is 68.3. The molecule has 3 aliphatic heterocycles. The fraction of sp³-hybridized carbons (Fsp3) is 0.189. The van der Waals surface area contributed by atoms with Crippen molar-refractivity contribution in [3.63, 3.8) is 0 Å². The molecule has 0 aliphatic carbocycles. The third kappa shape index (κ3) is 13.5. The molecule has 0 saturated carbocycles. The number of ketones is 2. The molecule has 3 aliphatic rings. The van der Waals surface area contributed by atoms with Gasteiger partial charge in [0.2, 0.25) is 16.1 Å². The number of carbonyl (C=O) groups is 6. The average molecular weight is 1400 g/mol. The minimum atomic E-state index is -1.49. The summed E-state index contributed by atoms with van der Waals surface area (Å²) in [5.74, 6) is -4.08. The normalized spacial score (nSPS) is 18.0. The number of esters is 3. The second-order valence-corrected chi connectivity index (χ2v) is 29.3. The van der Waals surface area contributed by atoms with Gasteiger partial charge in [-0.3, -0.25) is 9.59 Å². The van der Waals surface area contributed by atoms with Crippen molar-refractivity contribution in [1.82, 2.24) is 0 Å². The zero-order valence-corrected chi connectivity index (χ0v) is 42.0. The summed E-state index contributed by atoms with van der Waals surface area (Å²) in [6, 6.07) is 27.0. The number of hydrogen-bond donors (Lipinski definition) is 2. The molecule has 0 aromatic heterocycles. The molecule has 11 nitrogen and oxygen atoms in total. The molecule has 7 rings (SSSR count). The largest absolute Gasteiger partial charge is 0.454 e. The summed E-state index contributed by atoms with van der Waals surface area (Å²) in [7, 11) is 0. The average Bonchev–Trinajstić information content (AvgIpc) is 3.63. The van der Waals surface area contributed by atoms with Gasteiger partial charge in [-0.15, -0.1) is 0 Å². The Labute approximate surface area is 385 Å². The Bertz CT molecular complexity index is 1850. The second kappa shape index (κ2) is 24.4. The molecule has 2 N–H and O–H groups in total. The van der Waals surface area contributed by atoms with Crippen LogP contribution in [0.5, 0.6) is 0 Å². The molecule has 0 radical (unpaired) electrons. The van der Waals surface area contributed by atoms with Gasteiger partial charge in [-0.05, 0) is 52.0 Å². The number of cyclic esters (lactones) is 3. The van der Waals surface area contributed by atoms with Crippen LogP contribution < -0.4 is 13.3 Å². The molecule has 4 aromatic rings. The summed E-state index contributed by atoms with van der Waals surface area (Å²) >= 11 is 17.3. The van der Waals surface area contributed by atoms with Crippen LogP contribution in [0.15, 0.2) is 97.1 Å². The van der Waals surface area contributed by atoms with E-state index in [0.29, 0.717) is 46.4 Å². The number of carboxylic acids is 1. The smallest absolute Gasteiger partial charge is 0.341 e. The number of ether oxygens (including phenoxy) is 3. The summed E-state index contributed by atoms with van der Waals surface area (Å²) < 4.78 is 14.0. The van der Waals surface area contributed by atoms with E-state index in [-0.39, 0.29) is 40.6 Å². The molecule has 0 fully saturated rings. The van der Waals surface area contributed by atoms with Crippen molar-refractivity contribution in [3.05, 3.63) is 142 Å². The van der Waals surface area contributed by atoms with E-state index < -0.39 is 28.2 Å². The van der Waals surface area contributed by atoms with Crippen molar-refractivity contribution >= 4 is 143 Å². The maximum Gasteiger partial charge on any atom is 0.341 e. The monoisotopic (exact) mass is 1390 g/mol. The van der Waals surface area contributed by atoms with Gasteiger partial charge in [-0.2, -0.15) is 0 Å². The third-order valence-corrected chi connectivity index (χ3v) is 10.5. The van der Waals surface area contributed by atoms with Gasteiger partial charge >= 0.3 is 74.4 Å². The van der Waals surface area contributed by atoms with Crippen molar-refractivity contribution in [2.45, 2.75) is 17.2 Å². The second-order valence-electron chi connectivity index (χ2n) is 10.7. The first-order chi connectivity index (χ1) is 26.2. The summed E-state index contributed by atoms with van der Waals surface area (Å²) in [5, 5.41) is 19.2. The Morgan fingerprint density at radius 2 is 1.13 bits per heavy atom. The van der Waals surface area contributed by atoms with E-state index in [1.165, 1.54) is 19.1 Å². The molecule has 18 heteroatoms. The van der Waals surface area contributed by atoms with Crippen molar-refractivity contribution in [2.24, 2.45) is 0 Å². The first-order valence-electron chi connectivity index (χ1n) is 15.2. The predicted molar refractivity (Wildman–Crippen MR) is 238 cm³/mol. The molecular formula is C37H30Br3I4O11-. The molecule has 3 heterocycles. The summed E-state index contributed by atoms with van der Waals surface area (Å²) in [6.07, 6.45) is 0. The predicted octanol–water partition coefficient (Wildman–Crippen LogP) is 6.65. The maximum absolute atomic E-state index is 11.4. The number of aliphatic hydroxyl groups is 1. The van der Waals surface area contributed by atoms with Crippen LogP contribution in [0.3, 0.4) is 0 Å². The van der Waals surface area contributed by atoms with E-state index in [9.17, 15) is 33.9 Å². The summed E-state index contributed by atoms with van der Waals surface area (Å²) in [6.45, 7) is 1.22. The molecule has 2 atom stereocenters. The Hall–Kier alpha value is -1.58. The zero-order chi connectivity index (χ0) is 41.3. The van der Waals surface area contributed by atoms with Gasteiger partial charge in [0, 0.05) is 22.3 Å². The van der Waals surface area contributed by atoms with Crippen molar-refractivity contribution in [2.75, 3.05) is 22.2 Å². The van der Waals surface area contributed by atoms with Crippen LogP contribution in [0.2, 0.25) is 0 Å². The van der Waals surface area contributed by atoms with Crippen LogP contribution in [0.4, 0.5) is 0 Å². The molecule has 4 aromatic carbocycles. The number of aromatic carboxylic acids is 1. The van der Waals surface area contributed by atoms with E-state index in [1.807, 2.05) is 23.1 Å². The zero-order valence-electron chi connectivity index (χ0n) is 28.6. The first kappa shape index (κ1) is 49.6. The van der Waals surface area contributed by atoms with Gasteiger partial charge in [0.25, 0.3) is 0 Å². The molecule has 294 valence electrons. The Morgan fingerprint density at radius 1 is 0.691 bits per heavy atom. The number of carbonyl (C=O) groups excluding carboxylic acids is 5. The van der Waals surface area contributed by atoms with Gasteiger partial charge in [0.1, 0.15) is 0 Å². The number of fused-ring (bicyclic) bond motifs is 3. The molecule has 55 heavy (non-hydrogen) atoms. The van der Waals surface area contributed by atoms with E-state index in [0.717, 1.165) is 5.56 Å². The van der Waals surface area contributed by atoms with Gasteiger partial charge in [-0.1, -0.05) is 127 Å². The van der Waals surface area contributed by atoms with Crippen LogP contribution in [0, 0.1) is 0 Å². The first-order valence-corrected chi connectivity index (χ1v) is 33.0. The molecule has 0 amide bonds. The van der Waals surface area contributed by atoms with Gasteiger partial charge in [0.05, 0.1) is 32.9 Å². The van der Waals surface area contributed by atoms with E-state index in [2.05, 4.69) is 112 Å². The molecule has 0 bridgehead atoms. The van der Waals surface area contributed by atoms with Crippen LogP contribution in [-0.4, -0.2) is 67.9 Å². The number of halogens is 7. The molecular weight excluding hydrogens is 1370 g/mol. The molecule has 2 unspecified atom stereocenters. The van der Waals surface area contributed by atoms with Gasteiger partial charge < -0.3 is 24.4 Å². The number of rotatable bonds is 4. The fourth-order valence-electron chi connectivity index (χ4n) is 4.87. The standard InChI is InChI=1S/C9H6Br2O2.C9H7BrO3.C9H6O3.C9H8O3.CH3I.I3/c10-5-9(11)7-4-2-1-3-6(7)8(12)13-9;10-5-9(12)7-4-2-1-3-6(7)8(11)13-9;10-8-5-12-9(11)7-4-2-1-3-6(7)8;1-6(10)7-4-2-3-5-8(7)9(11)12;1-2;1-3-2/h1-4H,5H2;1-4,12H,5H2;1-4H,5H2;2-5H,1H3,(H,11,12);1H3;/q;;;;;-1. The van der Waals surface area contributed by atoms with E-state index in [4.69, 9.17) is 14.6 Å². The van der Waals surface area contributed by atoms with Crippen LogP contribution >= 0.6 is 108 Å². The molecule has 0 spiro atoms. The number of Topliss-reactive ketones (excluding diaryl/α,β-unsaturated/α-hetero) is 2. The van der Waals surface area contributed by atoms with Gasteiger partial charge in [0.15, 0.2) is 12.4 Å². The maximum atomic E-state index is 11.4. The van der Waals surface area contributed by atoms with Crippen molar-refractivity contribution in [1.29, 1.82) is 0 Å². The Balaban J connectivity index is 0.000000244. The minimum absolute atomic E-state index is 0.0602. The van der Waals surface area contributed by atoms with E-state index in [1.54, 1.807) is 66.7 Å². The Morgan fingerprint density at radius 3 is 1.60 bits per heavy atom. The van der Waals surface area contributed by atoms with Crippen LogP contribution in [0.1, 0.15) is 80.2 Å². The van der Waals surface area contributed by atoms with Crippen LogP contribution in [-0.2, 0) is 24.5 Å². The van der Waals surface area contributed by atoms with Gasteiger partial charge in [-0.25, -0.2) is 19.2 Å². The van der Waals surface area contributed by atoms with Crippen molar-refractivity contribution in [3.8, 4) is 0 Å². The number of benzene rings is 4. The van der Waals surface area contributed by atoms with Crippen LogP contribution in [0.25, 0.3) is 0 Å². The fourth-order valence-corrected chi connectivity index (χ4v) is 6.20. The summed E-state index contributed by atoms with van der Waals surface area (Å²) in [5.41, 5.74) is 3.63.